The molecule has 2 aromatic rings. The minimum atomic E-state index is -0.541. The van der Waals surface area contributed by atoms with Crippen LogP contribution < -0.4 is 15.8 Å². The smallest absolute Gasteiger partial charge is 0.255 e. The van der Waals surface area contributed by atoms with Crippen molar-refractivity contribution in [1.82, 2.24) is 0 Å². The predicted molar refractivity (Wildman–Crippen MR) is 95.2 cm³/mol. The molecule has 2 atom stereocenters. The summed E-state index contributed by atoms with van der Waals surface area (Å²) in [5, 5.41) is 12.7. The number of rotatable bonds is 8. The number of aliphatic hydroxyl groups excluding tert-OH is 1. The van der Waals surface area contributed by atoms with E-state index in [4.69, 9.17) is 10.5 Å². The van der Waals surface area contributed by atoms with E-state index in [0.717, 1.165) is 0 Å². The van der Waals surface area contributed by atoms with Gasteiger partial charge in [0.1, 0.15) is 12.4 Å². The van der Waals surface area contributed by atoms with Gasteiger partial charge in [-0.1, -0.05) is 25.1 Å². The minimum absolute atomic E-state index is 0.157. The molecule has 4 N–H and O–H groups in total. The van der Waals surface area contributed by atoms with Crippen molar-refractivity contribution in [2.45, 2.75) is 19.4 Å². The lowest BCUT2D eigenvalue weighted by atomic mass is 10.0. The molecule has 0 heterocycles. The predicted octanol–water partition coefficient (Wildman–Crippen LogP) is 2.66. The van der Waals surface area contributed by atoms with Gasteiger partial charge in [-0.2, -0.15) is 0 Å². The lowest BCUT2D eigenvalue weighted by molar-refractivity contribution is 0.0880. The molecule has 0 saturated heterocycles. The Bertz CT molecular complexity index is 629. The van der Waals surface area contributed by atoms with Crippen LogP contribution in [0.25, 0.3) is 0 Å². The second-order valence-corrected chi connectivity index (χ2v) is 5.89. The number of nitrogens with two attached hydrogens (primary N) is 1. The van der Waals surface area contributed by atoms with Gasteiger partial charge >= 0.3 is 0 Å². The van der Waals surface area contributed by atoms with Crippen molar-refractivity contribution in [2.24, 2.45) is 11.7 Å². The molecule has 2 unspecified atom stereocenters. The maximum atomic E-state index is 12.1. The Balaban J connectivity index is 1.83. The van der Waals surface area contributed by atoms with Crippen LogP contribution >= 0.6 is 0 Å². The quantitative estimate of drug-likeness (QED) is 0.695. The maximum absolute atomic E-state index is 12.1. The van der Waals surface area contributed by atoms with Gasteiger partial charge in [0.15, 0.2) is 0 Å². The van der Waals surface area contributed by atoms with E-state index in [0.29, 0.717) is 30.0 Å². The molecule has 128 valence electrons. The summed E-state index contributed by atoms with van der Waals surface area (Å²) >= 11 is 0. The van der Waals surface area contributed by atoms with Gasteiger partial charge in [-0.15, -0.1) is 0 Å². The van der Waals surface area contributed by atoms with Crippen LogP contribution in [-0.2, 0) is 0 Å². The second-order valence-electron chi connectivity index (χ2n) is 5.89. The average Bonchev–Trinajstić information content (AvgIpc) is 2.61. The van der Waals surface area contributed by atoms with Crippen molar-refractivity contribution in [3.05, 3.63) is 60.2 Å². The van der Waals surface area contributed by atoms with Crippen LogP contribution in [0.4, 0.5) is 5.69 Å². The molecule has 0 aliphatic rings. The molecule has 0 aromatic heterocycles. The van der Waals surface area contributed by atoms with Crippen LogP contribution in [0.5, 0.6) is 5.75 Å². The third kappa shape index (κ3) is 5.68. The maximum Gasteiger partial charge on any atom is 0.255 e. The van der Waals surface area contributed by atoms with E-state index >= 15 is 0 Å². The molecule has 24 heavy (non-hydrogen) atoms. The molecule has 5 nitrogen and oxygen atoms in total. The van der Waals surface area contributed by atoms with E-state index in [1.54, 1.807) is 36.4 Å². The molecule has 1 amide bonds. The van der Waals surface area contributed by atoms with Crippen molar-refractivity contribution >= 4 is 11.6 Å². The second kappa shape index (κ2) is 9.05. The van der Waals surface area contributed by atoms with Crippen LogP contribution in [0.2, 0.25) is 0 Å². The molecule has 0 radical (unpaired) electrons. The number of nitrogens with one attached hydrogen (secondary N) is 1. The van der Waals surface area contributed by atoms with E-state index in [-0.39, 0.29) is 18.4 Å². The summed E-state index contributed by atoms with van der Waals surface area (Å²) in [5.74, 6) is 0.752. The highest BCUT2D eigenvalue weighted by Crippen LogP contribution is 2.17. The fraction of sp³-hybridized carbons (Fsp3) is 0.316. The largest absolute Gasteiger partial charge is 0.491 e. The van der Waals surface area contributed by atoms with Crippen LogP contribution in [0.3, 0.4) is 0 Å². The summed E-state index contributed by atoms with van der Waals surface area (Å²) in [5.41, 5.74) is 6.83. The number of amides is 1. The highest BCUT2D eigenvalue weighted by Gasteiger charge is 2.10. The molecule has 0 bridgehead atoms. The number of carbonyl (C=O) groups excluding carboxylic acids is 1. The van der Waals surface area contributed by atoms with E-state index < -0.39 is 6.10 Å². The first-order valence-corrected chi connectivity index (χ1v) is 8.06. The first-order chi connectivity index (χ1) is 11.6. The number of aliphatic hydroxyl groups is 1. The Kier molecular flexibility index (Phi) is 6.78. The van der Waals surface area contributed by atoms with E-state index in [9.17, 15) is 9.90 Å². The topological polar surface area (TPSA) is 84.6 Å². The number of benzene rings is 2. The zero-order valence-corrected chi connectivity index (χ0v) is 13.8. The summed E-state index contributed by atoms with van der Waals surface area (Å²) in [6.45, 7) is 2.76. The van der Waals surface area contributed by atoms with Crippen LogP contribution in [0.15, 0.2) is 54.6 Å². The van der Waals surface area contributed by atoms with E-state index in [1.165, 1.54) is 0 Å². The van der Waals surface area contributed by atoms with Gasteiger partial charge in [0, 0.05) is 11.3 Å². The van der Waals surface area contributed by atoms with Crippen molar-refractivity contribution in [1.29, 1.82) is 0 Å². The lowest BCUT2D eigenvalue weighted by Gasteiger charge is -2.16. The van der Waals surface area contributed by atoms with Gasteiger partial charge in [0.05, 0.1) is 6.10 Å². The Labute approximate surface area is 142 Å². The number of anilines is 1. The Hall–Kier alpha value is -2.37. The molecule has 2 aromatic carbocycles. The Morgan fingerprint density at radius 3 is 2.46 bits per heavy atom. The molecule has 5 heteroatoms. The van der Waals surface area contributed by atoms with E-state index in [1.807, 2.05) is 25.1 Å². The standard InChI is InChI=1S/C19H24N2O3/c1-14(12-20)11-17(22)13-24-18-9-7-16(8-10-18)21-19(23)15-5-3-2-4-6-15/h2-10,14,17,22H,11-13,20H2,1H3,(H,21,23). The monoisotopic (exact) mass is 328 g/mol. The van der Waals surface area contributed by atoms with Crippen LogP contribution in [0, 0.1) is 5.92 Å². The zero-order chi connectivity index (χ0) is 17.4. The molecular weight excluding hydrogens is 304 g/mol. The van der Waals surface area contributed by atoms with Gasteiger partial charge in [-0.3, -0.25) is 4.79 Å². The van der Waals surface area contributed by atoms with Gasteiger partial charge in [-0.25, -0.2) is 0 Å². The molecule has 0 aliphatic carbocycles. The lowest BCUT2D eigenvalue weighted by Crippen LogP contribution is -2.23. The molecular formula is C19H24N2O3. The summed E-state index contributed by atoms with van der Waals surface area (Å²) in [6.07, 6.45) is 0.0721. The Morgan fingerprint density at radius 1 is 1.17 bits per heavy atom. The van der Waals surface area contributed by atoms with Gasteiger partial charge in [0.25, 0.3) is 5.91 Å². The number of ether oxygens (including phenoxy) is 1. The molecule has 2 rings (SSSR count). The van der Waals surface area contributed by atoms with Crippen molar-refractivity contribution in [3.63, 3.8) is 0 Å². The third-order valence-electron chi connectivity index (χ3n) is 3.67. The third-order valence-corrected chi connectivity index (χ3v) is 3.67. The van der Waals surface area contributed by atoms with Gasteiger partial charge < -0.3 is 20.9 Å². The number of hydrogen-bond donors (Lipinski definition) is 3. The van der Waals surface area contributed by atoms with Crippen LogP contribution in [-0.4, -0.2) is 30.3 Å². The molecule has 0 aliphatic heterocycles. The Morgan fingerprint density at radius 2 is 1.83 bits per heavy atom. The first-order valence-electron chi connectivity index (χ1n) is 8.06. The highest BCUT2D eigenvalue weighted by atomic mass is 16.5. The zero-order valence-electron chi connectivity index (χ0n) is 13.8. The summed E-state index contributed by atoms with van der Waals surface area (Å²) in [6, 6.07) is 16.1. The van der Waals surface area contributed by atoms with Crippen molar-refractivity contribution < 1.29 is 14.6 Å². The first kappa shape index (κ1) is 18.0. The molecule has 0 fully saturated rings. The number of hydrogen-bond acceptors (Lipinski definition) is 4. The van der Waals surface area contributed by atoms with E-state index in [2.05, 4.69) is 5.32 Å². The van der Waals surface area contributed by atoms with Gasteiger partial charge in [0.2, 0.25) is 0 Å². The summed E-state index contributed by atoms with van der Waals surface area (Å²) in [7, 11) is 0. The van der Waals surface area contributed by atoms with Crippen molar-refractivity contribution in [2.75, 3.05) is 18.5 Å². The van der Waals surface area contributed by atoms with Crippen LogP contribution in [0.1, 0.15) is 23.7 Å². The fourth-order valence-corrected chi connectivity index (χ4v) is 2.25. The summed E-state index contributed by atoms with van der Waals surface area (Å²) < 4.78 is 5.55. The highest BCUT2D eigenvalue weighted by molar-refractivity contribution is 6.04. The van der Waals surface area contributed by atoms with Crippen molar-refractivity contribution in [3.8, 4) is 5.75 Å². The fourth-order valence-electron chi connectivity index (χ4n) is 2.25. The molecule has 0 saturated carbocycles. The average molecular weight is 328 g/mol. The molecule has 0 spiro atoms. The summed E-state index contributed by atoms with van der Waals surface area (Å²) in [4.78, 5) is 12.1. The SMILES string of the molecule is CC(CN)CC(O)COc1ccc(NC(=O)c2ccccc2)cc1. The van der Waals surface area contributed by atoms with Gasteiger partial charge in [-0.05, 0) is 55.3 Å². The minimum Gasteiger partial charge on any atom is -0.491 e. The number of carbonyl (C=O) groups is 1. The normalized spacial score (nSPS) is 13.1.